The normalized spacial score (nSPS) is 9.81. The van der Waals surface area contributed by atoms with E-state index in [2.05, 4.69) is 25.8 Å². The summed E-state index contributed by atoms with van der Waals surface area (Å²) >= 11 is 5.11. The van der Waals surface area contributed by atoms with Crippen LogP contribution < -0.4 is 10.6 Å². The Labute approximate surface area is 98.3 Å². The van der Waals surface area contributed by atoms with Crippen molar-refractivity contribution in [2.75, 3.05) is 10.6 Å². The first-order chi connectivity index (χ1) is 7.74. The summed E-state index contributed by atoms with van der Waals surface area (Å²) in [7, 11) is 0. The van der Waals surface area contributed by atoms with Crippen LogP contribution >= 0.6 is 12.2 Å². The Morgan fingerprint density at radius 1 is 1.25 bits per heavy atom. The topological polar surface area (TPSA) is 65.6 Å². The molecule has 1 aromatic heterocycles. The molecule has 0 saturated heterocycles. The molecule has 2 rings (SSSR count). The van der Waals surface area contributed by atoms with Crippen LogP contribution in [0.3, 0.4) is 0 Å². The summed E-state index contributed by atoms with van der Waals surface area (Å²) < 4.78 is 0. The van der Waals surface area contributed by atoms with Gasteiger partial charge in [0.2, 0.25) is 5.95 Å². The average Bonchev–Trinajstić information content (AvgIpc) is 2.65. The molecule has 1 aromatic carbocycles. The summed E-state index contributed by atoms with van der Waals surface area (Å²) in [6.07, 6.45) is 0. The van der Waals surface area contributed by atoms with Gasteiger partial charge in [0.25, 0.3) is 0 Å². The van der Waals surface area contributed by atoms with Crippen molar-refractivity contribution < 1.29 is 0 Å². The Kier molecular flexibility index (Phi) is 3.11. The Balaban J connectivity index is 1.95. The van der Waals surface area contributed by atoms with Crippen LogP contribution in [-0.2, 0) is 0 Å². The number of rotatable bonds is 2. The Hall–Kier alpha value is -1.95. The molecule has 0 aliphatic heterocycles. The monoisotopic (exact) mass is 233 g/mol. The highest BCUT2D eigenvalue weighted by Gasteiger charge is 2.02. The fraction of sp³-hybridized carbons (Fsp3) is 0.100. The van der Waals surface area contributed by atoms with Crippen molar-refractivity contribution in [3.8, 4) is 0 Å². The second-order valence-corrected chi connectivity index (χ2v) is 3.60. The molecule has 6 heteroatoms. The lowest BCUT2D eigenvalue weighted by Crippen LogP contribution is -2.19. The molecule has 5 nitrogen and oxygen atoms in total. The maximum Gasteiger partial charge on any atom is 0.248 e. The largest absolute Gasteiger partial charge is 0.332 e. The molecule has 0 aliphatic rings. The van der Waals surface area contributed by atoms with Gasteiger partial charge in [-0.15, -0.1) is 5.10 Å². The summed E-state index contributed by atoms with van der Waals surface area (Å²) in [6, 6.07) is 9.67. The van der Waals surface area contributed by atoms with E-state index in [0.717, 1.165) is 11.5 Å². The summed E-state index contributed by atoms with van der Waals surface area (Å²) in [6.45, 7) is 1.83. The van der Waals surface area contributed by atoms with E-state index in [9.17, 15) is 0 Å². The number of nitrogens with zero attached hydrogens (tertiary/aromatic N) is 2. The molecule has 0 saturated carbocycles. The van der Waals surface area contributed by atoms with Crippen LogP contribution in [0.4, 0.5) is 11.6 Å². The van der Waals surface area contributed by atoms with Crippen molar-refractivity contribution in [3.63, 3.8) is 0 Å². The molecule has 16 heavy (non-hydrogen) atoms. The summed E-state index contributed by atoms with van der Waals surface area (Å²) in [5.41, 5.74) is 0.923. The zero-order valence-corrected chi connectivity index (χ0v) is 9.51. The first-order valence-electron chi connectivity index (χ1n) is 4.76. The minimum absolute atomic E-state index is 0.463. The predicted molar refractivity (Wildman–Crippen MR) is 67.4 cm³/mol. The number of benzene rings is 1. The van der Waals surface area contributed by atoms with E-state index >= 15 is 0 Å². The first-order valence-corrected chi connectivity index (χ1v) is 5.17. The van der Waals surface area contributed by atoms with E-state index in [0.29, 0.717) is 11.1 Å². The number of hydrogen-bond donors (Lipinski definition) is 3. The van der Waals surface area contributed by atoms with Crippen LogP contribution in [0, 0.1) is 6.92 Å². The zero-order chi connectivity index (χ0) is 11.4. The molecule has 0 atom stereocenters. The van der Waals surface area contributed by atoms with Crippen LogP contribution in [0.15, 0.2) is 30.3 Å². The lowest BCUT2D eigenvalue weighted by molar-refractivity contribution is 1.04. The minimum Gasteiger partial charge on any atom is -0.332 e. The lowest BCUT2D eigenvalue weighted by Gasteiger charge is -2.06. The molecule has 1 heterocycles. The molecule has 0 aliphatic carbocycles. The van der Waals surface area contributed by atoms with E-state index in [1.807, 2.05) is 37.3 Å². The number of H-pyrrole nitrogens is 1. The van der Waals surface area contributed by atoms with Gasteiger partial charge in [-0.05, 0) is 31.3 Å². The molecule has 0 fully saturated rings. The van der Waals surface area contributed by atoms with E-state index in [1.54, 1.807) is 0 Å². The molecule has 0 bridgehead atoms. The Bertz CT molecular complexity index is 479. The molecule has 0 spiro atoms. The smallest absolute Gasteiger partial charge is 0.248 e. The molecule has 3 N–H and O–H groups in total. The van der Waals surface area contributed by atoms with E-state index < -0.39 is 0 Å². The van der Waals surface area contributed by atoms with Crippen molar-refractivity contribution in [3.05, 3.63) is 36.2 Å². The zero-order valence-electron chi connectivity index (χ0n) is 8.69. The number of aromatic amines is 1. The molecule has 82 valence electrons. The van der Waals surface area contributed by atoms with Gasteiger partial charge in [0.05, 0.1) is 0 Å². The van der Waals surface area contributed by atoms with E-state index in [-0.39, 0.29) is 0 Å². The van der Waals surface area contributed by atoms with E-state index in [4.69, 9.17) is 12.2 Å². The van der Waals surface area contributed by atoms with Crippen molar-refractivity contribution in [1.29, 1.82) is 0 Å². The van der Waals surface area contributed by atoms with Gasteiger partial charge in [-0.1, -0.05) is 18.2 Å². The number of anilines is 2. The van der Waals surface area contributed by atoms with Crippen LogP contribution in [0.1, 0.15) is 5.82 Å². The van der Waals surface area contributed by atoms with Gasteiger partial charge in [0, 0.05) is 5.69 Å². The van der Waals surface area contributed by atoms with Gasteiger partial charge in [-0.3, -0.25) is 10.4 Å². The number of nitrogens with one attached hydrogen (secondary N) is 3. The van der Waals surface area contributed by atoms with Gasteiger partial charge >= 0.3 is 0 Å². The predicted octanol–water partition coefficient (Wildman–Crippen LogP) is 1.92. The van der Waals surface area contributed by atoms with Crippen molar-refractivity contribution in [2.45, 2.75) is 6.92 Å². The molecular formula is C10H11N5S. The van der Waals surface area contributed by atoms with Gasteiger partial charge in [-0.25, -0.2) is 0 Å². The van der Waals surface area contributed by atoms with Gasteiger partial charge < -0.3 is 5.32 Å². The van der Waals surface area contributed by atoms with Gasteiger partial charge in [0.15, 0.2) is 5.11 Å². The summed E-state index contributed by atoms with van der Waals surface area (Å²) in [4.78, 5) is 4.09. The molecule has 0 amide bonds. The number of hydrogen-bond acceptors (Lipinski definition) is 3. The van der Waals surface area contributed by atoms with Crippen molar-refractivity contribution in [1.82, 2.24) is 15.2 Å². The third-order valence-corrected chi connectivity index (χ3v) is 2.06. The van der Waals surface area contributed by atoms with Crippen molar-refractivity contribution in [2.24, 2.45) is 0 Å². The Morgan fingerprint density at radius 2 is 2.00 bits per heavy atom. The number of aromatic nitrogens is 3. The number of aryl methyl sites for hydroxylation is 1. The maximum atomic E-state index is 5.11. The van der Waals surface area contributed by atoms with Crippen LogP contribution in [0.25, 0.3) is 0 Å². The standard InChI is InChI=1S/C10H11N5S/c1-7-11-9(15-14-7)13-10(16)12-8-5-3-2-4-6-8/h2-6H,1H3,(H3,11,12,13,14,15,16). The highest BCUT2D eigenvalue weighted by molar-refractivity contribution is 7.80. The second kappa shape index (κ2) is 4.71. The quantitative estimate of drug-likeness (QED) is 0.692. The molecule has 0 radical (unpaired) electrons. The van der Waals surface area contributed by atoms with Crippen LogP contribution in [-0.4, -0.2) is 20.3 Å². The molecular weight excluding hydrogens is 222 g/mol. The van der Waals surface area contributed by atoms with Gasteiger partial charge in [0.1, 0.15) is 5.82 Å². The number of para-hydroxylation sites is 1. The summed E-state index contributed by atoms with van der Waals surface area (Å²) in [5.74, 6) is 1.20. The lowest BCUT2D eigenvalue weighted by atomic mass is 10.3. The fourth-order valence-corrected chi connectivity index (χ4v) is 1.39. The van der Waals surface area contributed by atoms with E-state index in [1.165, 1.54) is 0 Å². The minimum atomic E-state index is 0.463. The molecule has 2 aromatic rings. The van der Waals surface area contributed by atoms with Crippen LogP contribution in [0.5, 0.6) is 0 Å². The van der Waals surface area contributed by atoms with Gasteiger partial charge in [-0.2, -0.15) is 4.98 Å². The third kappa shape index (κ3) is 2.77. The highest BCUT2D eigenvalue weighted by atomic mass is 32.1. The number of thiocarbonyl (C=S) groups is 1. The first kappa shape index (κ1) is 10.6. The Morgan fingerprint density at radius 3 is 2.62 bits per heavy atom. The second-order valence-electron chi connectivity index (χ2n) is 3.19. The van der Waals surface area contributed by atoms with Crippen LogP contribution in [0.2, 0.25) is 0 Å². The average molecular weight is 233 g/mol. The third-order valence-electron chi connectivity index (χ3n) is 1.85. The SMILES string of the molecule is Cc1nc(NC(=S)Nc2ccccc2)n[nH]1. The highest BCUT2D eigenvalue weighted by Crippen LogP contribution is 2.06. The summed E-state index contributed by atoms with van der Waals surface area (Å²) in [5, 5.41) is 13.0. The molecule has 0 unspecified atom stereocenters. The maximum absolute atomic E-state index is 5.11. The van der Waals surface area contributed by atoms with Crippen molar-refractivity contribution >= 4 is 29.0 Å². The fourth-order valence-electron chi connectivity index (χ4n) is 1.18.